The van der Waals surface area contributed by atoms with Gasteiger partial charge in [0, 0.05) is 11.8 Å². The Bertz CT molecular complexity index is 1570. The van der Waals surface area contributed by atoms with Gasteiger partial charge in [0.25, 0.3) is 0 Å². The number of carbonyl (C=O) groups is 3. The highest BCUT2D eigenvalue weighted by molar-refractivity contribution is 6.00. The van der Waals surface area contributed by atoms with Crippen LogP contribution < -0.4 is 0 Å². The van der Waals surface area contributed by atoms with E-state index in [0.717, 1.165) is 64.2 Å². The van der Waals surface area contributed by atoms with Gasteiger partial charge in [0.2, 0.25) is 0 Å². The van der Waals surface area contributed by atoms with Gasteiger partial charge in [-0.2, -0.15) is 0 Å². The van der Waals surface area contributed by atoms with Crippen molar-refractivity contribution in [3.63, 3.8) is 0 Å². The summed E-state index contributed by atoms with van der Waals surface area (Å²) in [5.41, 5.74) is 3.25. The third kappa shape index (κ3) is 5.71. The summed E-state index contributed by atoms with van der Waals surface area (Å²) in [4.78, 5) is 39.0. The zero-order valence-corrected chi connectivity index (χ0v) is 33.7. The molecule has 1 N–H and O–H groups in total. The molecule has 0 bridgehead atoms. The van der Waals surface area contributed by atoms with Gasteiger partial charge in [0.15, 0.2) is 5.78 Å². The first kappa shape index (κ1) is 38.3. The second kappa shape index (κ2) is 12.9. The zero-order chi connectivity index (χ0) is 37.4. The Morgan fingerprint density at radius 3 is 2.16 bits per heavy atom. The van der Waals surface area contributed by atoms with Crippen LogP contribution in [0.15, 0.2) is 41.5 Å². The average molecular weight is 701 g/mol. The smallest absolute Gasteiger partial charge is 0.309 e. The van der Waals surface area contributed by atoms with Crippen molar-refractivity contribution in [1.29, 1.82) is 0 Å². The predicted octanol–water partition coefficient (Wildman–Crippen LogP) is 11.2. The molecule has 282 valence electrons. The fraction of sp³-hybridized carbons (Fsp3) is 0.761. The first-order valence-corrected chi connectivity index (χ1v) is 20.4. The van der Waals surface area contributed by atoms with E-state index >= 15 is 0 Å². The van der Waals surface area contributed by atoms with Crippen molar-refractivity contribution in [2.45, 2.75) is 165 Å². The van der Waals surface area contributed by atoms with E-state index in [2.05, 4.69) is 85.7 Å². The van der Waals surface area contributed by atoms with Crippen molar-refractivity contribution < 1.29 is 24.2 Å². The number of unbranched alkanes of at least 4 members (excludes halogenated alkanes) is 1. The molecular formula is C46H68O5. The standard InChI is InChI=1S/C46H68O5/c1-30(2)37-33(47)28-46(22-15-14-18-31-16-12-11-13-17-31)27-26-42(7)32(38(37)46)19-24-45(10)43(8)23-21-35(51-36(48)29-40(3,4)39(49)50)41(5,6)34(43)20-25-44(42,45)9/h11-13,16-17,30,32,34-35H,14-15,18-29H2,1-10H3,(H,49,50)/t32-,34+,35+,42-,43+,44+,45-,46+/m1/s1. The summed E-state index contributed by atoms with van der Waals surface area (Å²) < 4.78 is 6.21. The molecule has 1 aromatic carbocycles. The SMILES string of the molecule is CC(C)C1=C2[C@H]3CC[C@@]4(C)[C@@](C)(CC[C@H]5C(C)(C)[C@@H](OC(=O)CC(C)(C)C(=O)O)CC[C@@]54C)[C@]3(C)CC[C@@]2(CCCCc2ccccc2)CC1=O. The van der Waals surface area contributed by atoms with Gasteiger partial charge in [0.05, 0.1) is 11.8 Å². The molecule has 1 aromatic rings. The molecule has 5 aliphatic rings. The molecule has 5 nitrogen and oxygen atoms in total. The summed E-state index contributed by atoms with van der Waals surface area (Å²) in [5, 5.41) is 9.63. The molecule has 5 aliphatic carbocycles. The first-order chi connectivity index (χ1) is 23.7. The zero-order valence-electron chi connectivity index (χ0n) is 33.7. The highest BCUT2D eigenvalue weighted by Gasteiger charge is 2.74. The first-order valence-electron chi connectivity index (χ1n) is 20.4. The number of rotatable bonds is 10. The molecule has 0 spiro atoms. The molecule has 0 radical (unpaired) electrons. The number of aliphatic carboxylic acids is 1. The van der Waals surface area contributed by atoms with Gasteiger partial charge in [-0.25, -0.2) is 0 Å². The van der Waals surface area contributed by atoms with Crippen LogP contribution in [0.2, 0.25) is 0 Å². The average Bonchev–Trinajstić information content (AvgIpc) is 3.35. The number of ether oxygens (including phenoxy) is 1. The van der Waals surface area contributed by atoms with E-state index in [9.17, 15) is 19.5 Å². The van der Waals surface area contributed by atoms with Crippen LogP contribution in [0, 0.1) is 55.7 Å². The van der Waals surface area contributed by atoms with E-state index in [-0.39, 0.29) is 50.9 Å². The van der Waals surface area contributed by atoms with Crippen LogP contribution in [-0.2, 0) is 25.5 Å². The molecule has 0 saturated heterocycles. The summed E-state index contributed by atoms with van der Waals surface area (Å²) in [6.07, 6.45) is 13.7. The third-order valence-electron chi connectivity index (χ3n) is 17.2. The van der Waals surface area contributed by atoms with Crippen LogP contribution in [0.3, 0.4) is 0 Å². The van der Waals surface area contributed by atoms with Crippen LogP contribution in [0.4, 0.5) is 0 Å². The van der Waals surface area contributed by atoms with E-state index in [1.807, 2.05) is 0 Å². The molecule has 0 heterocycles. The third-order valence-corrected chi connectivity index (χ3v) is 17.2. The van der Waals surface area contributed by atoms with Gasteiger partial charge < -0.3 is 9.84 Å². The van der Waals surface area contributed by atoms with Gasteiger partial charge in [0.1, 0.15) is 6.10 Å². The normalized spacial score (nSPS) is 38.8. The molecule has 8 atom stereocenters. The number of allylic oxidation sites excluding steroid dienone is 2. The monoisotopic (exact) mass is 701 g/mol. The van der Waals surface area contributed by atoms with Crippen molar-refractivity contribution >= 4 is 17.7 Å². The Hall–Kier alpha value is -2.43. The second-order valence-corrected chi connectivity index (χ2v) is 20.4. The Morgan fingerprint density at radius 2 is 1.51 bits per heavy atom. The molecular weight excluding hydrogens is 633 g/mol. The number of hydrogen-bond acceptors (Lipinski definition) is 4. The molecule has 0 aliphatic heterocycles. The van der Waals surface area contributed by atoms with Gasteiger partial charge >= 0.3 is 11.9 Å². The Balaban J connectivity index is 1.27. The van der Waals surface area contributed by atoms with Crippen molar-refractivity contribution in [3.05, 3.63) is 47.0 Å². The summed E-state index contributed by atoms with van der Waals surface area (Å²) in [5.74, 6) is 0.173. The molecule has 4 saturated carbocycles. The quantitative estimate of drug-likeness (QED) is 0.194. The summed E-state index contributed by atoms with van der Waals surface area (Å²) in [6.45, 7) is 22.8. The lowest BCUT2D eigenvalue weighted by molar-refractivity contribution is -0.278. The predicted molar refractivity (Wildman–Crippen MR) is 204 cm³/mol. The maximum absolute atomic E-state index is 14.1. The maximum atomic E-state index is 14.1. The summed E-state index contributed by atoms with van der Waals surface area (Å²) >= 11 is 0. The maximum Gasteiger partial charge on any atom is 0.309 e. The highest BCUT2D eigenvalue weighted by atomic mass is 16.5. The van der Waals surface area contributed by atoms with E-state index in [0.29, 0.717) is 17.6 Å². The van der Waals surface area contributed by atoms with Crippen LogP contribution in [0.25, 0.3) is 0 Å². The number of benzene rings is 1. The molecule has 51 heavy (non-hydrogen) atoms. The lowest BCUT2D eigenvalue weighted by Crippen LogP contribution is -2.70. The minimum atomic E-state index is -1.15. The molecule has 4 fully saturated rings. The van der Waals surface area contributed by atoms with Crippen LogP contribution in [0.5, 0.6) is 0 Å². The fourth-order valence-electron chi connectivity index (χ4n) is 13.7. The van der Waals surface area contributed by atoms with E-state index in [4.69, 9.17) is 4.74 Å². The molecule has 0 amide bonds. The van der Waals surface area contributed by atoms with Gasteiger partial charge in [-0.05, 0) is 140 Å². The Labute approximate surface area is 309 Å². The lowest BCUT2D eigenvalue weighted by Gasteiger charge is -2.76. The fourth-order valence-corrected chi connectivity index (χ4v) is 13.7. The van der Waals surface area contributed by atoms with E-state index in [1.54, 1.807) is 19.4 Å². The number of carbonyl (C=O) groups excluding carboxylic acids is 2. The number of aryl methyl sites for hydroxylation is 1. The van der Waals surface area contributed by atoms with E-state index < -0.39 is 17.4 Å². The van der Waals surface area contributed by atoms with Crippen LogP contribution in [0.1, 0.15) is 158 Å². The van der Waals surface area contributed by atoms with E-state index in [1.165, 1.54) is 30.4 Å². The highest BCUT2D eigenvalue weighted by Crippen LogP contribution is 2.81. The van der Waals surface area contributed by atoms with Gasteiger partial charge in [-0.1, -0.05) is 97.7 Å². The summed E-state index contributed by atoms with van der Waals surface area (Å²) in [6, 6.07) is 10.8. The number of ketones is 1. The van der Waals surface area contributed by atoms with Crippen molar-refractivity contribution in [2.24, 2.45) is 55.7 Å². The Kier molecular flexibility index (Phi) is 9.66. The van der Waals surface area contributed by atoms with Crippen LogP contribution >= 0.6 is 0 Å². The minimum Gasteiger partial charge on any atom is -0.481 e. The molecule has 6 rings (SSSR count). The Morgan fingerprint density at radius 1 is 0.863 bits per heavy atom. The van der Waals surface area contributed by atoms with Gasteiger partial charge in [-0.15, -0.1) is 0 Å². The van der Waals surface area contributed by atoms with Crippen LogP contribution in [-0.4, -0.2) is 28.9 Å². The number of fused-ring (bicyclic) bond motifs is 7. The lowest BCUT2D eigenvalue weighted by atomic mass is 9.28. The minimum absolute atomic E-state index is 0.0297. The largest absolute Gasteiger partial charge is 0.481 e. The van der Waals surface area contributed by atoms with Crippen molar-refractivity contribution in [3.8, 4) is 0 Å². The molecule has 0 unspecified atom stereocenters. The van der Waals surface area contributed by atoms with Crippen molar-refractivity contribution in [1.82, 2.24) is 0 Å². The summed E-state index contributed by atoms with van der Waals surface area (Å²) in [7, 11) is 0. The number of Topliss-reactive ketones (excluding diaryl/α,β-unsaturated/α-hetero) is 1. The van der Waals surface area contributed by atoms with Crippen molar-refractivity contribution in [2.75, 3.05) is 0 Å². The molecule has 0 aromatic heterocycles. The number of carboxylic acid groups (broad SMARTS) is 1. The topological polar surface area (TPSA) is 80.7 Å². The van der Waals surface area contributed by atoms with Gasteiger partial charge in [-0.3, -0.25) is 14.4 Å². The number of hydrogen-bond donors (Lipinski definition) is 1. The number of carboxylic acids is 1. The second-order valence-electron chi connectivity index (χ2n) is 20.4. The molecule has 5 heteroatoms. The number of esters is 1.